The third kappa shape index (κ3) is 6.12. The van der Waals surface area contributed by atoms with Gasteiger partial charge in [-0.15, -0.1) is 0 Å². The number of ether oxygens (including phenoxy) is 1. The van der Waals surface area contributed by atoms with Gasteiger partial charge < -0.3 is 15.4 Å². The third-order valence-corrected chi connectivity index (χ3v) is 1.36. The van der Waals surface area contributed by atoms with Crippen LogP contribution in [0.3, 0.4) is 0 Å². The number of hydrogen-bond donors (Lipinski definition) is 2. The van der Waals surface area contributed by atoms with E-state index in [0.717, 1.165) is 6.54 Å². The van der Waals surface area contributed by atoms with Crippen LogP contribution in [0.15, 0.2) is 0 Å². The Balaban J connectivity index is 3.40. The first-order chi connectivity index (χ1) is 5.70. The first kappa shape index (κ1) is 11.4. The molecule has 0 bridgehead atoms. The molecule has 0 spiro atoms. The van der Waals surface area contributed by atoms with E-state index < -0.39 is 0 Å². The minimum atomic E-state index is 0.0152. The van der Waals surface area contributed by atoms with Crippen molar-refractivity contribution < 1.29 is 9.53 Å². The summed E-state index contributed by atoms with van der Waals surface area (Å²) in [4.78, 5) is 11.1. The molecule has 4 heteroatoms. The van der Waals surface area contributed by atoms with Gasteiger partial charge in [-0.25, -0.2) is 0 Å². The number of methoxy groups -OCH3 is 1. The molecule has 1 amide bonds. The maximum Gasteiger partial charge on any atom is 0.234 e. The predicted molar refractivity (Wildman–Crippen MR) is 48.0 cm³/mol. The molecular weight excluding hydrogens is 156 g/mol. The van der Waals surface area contributed by atoms with Crippen LogP contribution in [0.5, 0.6) is 0 Å². The summed E-state index contributed by atoms with van der Waals surface area (Å²) < 4.78 is 4.87. The Labute approximate surface area is 73.7 Å². The summed E-state index contributed by atoms with van der Waals surface area (Å²) in [5, 5.41) is 5.73. The summed E-state index contributed by atoms with van der Waals surface area (Å²) in [5.41, 5.74) is 0. The SMILES string of the molecule is CCNCC(=O)N[C@H](C)COC. The van der Waals surface area contributed by atoms with Gasteiger partial charge in [0.15, 0.2) is 0 Å². The number of hydrogen-bond acceptors (Lipinski definition) is 3. The maximum atomic E-state index is 11.1. The number of likely N-dealkylation sites (N-methyl/N-ethyl adjacent to an activating group) is 1. The highest BCUT2D eigenvalue weighted by atomic mass is 16.5. The van der Waals surface area contributed by atoms with Gasteiger partial charge in [0.05, 0.1) is 13.2 Å². The molecule has 0 aromatic heterocycles. The van der Waals surface area contributed by atoms with Gasteiger partial charge in [0, 0.05) is 13.2 Å². The quantitative estimate of drug-likeness (QED) is 0.583. The average molecular weight is 174 g/mol. The number of carbonyl (C=O) groups is 1. The smallest absolute Gasteiger partial charge is 0.234 e. The Kier molecular flexibility index (Phi) is 6.70. The van der Waals surface area contributed by atoms with Gasteiger partial charge in [-0.1, -0.05) is 6.92 Å². The number of rotatable bonds is 6. The van der Waals surface area contributed by atoms with E-state index in [9.17, 15) is 4.79 Å². The topological polar surface area (TPSA) is 50.4 Å². The lowest BCUT2D eigenvalue weighted by Gasteiger charge is -2.12. The largest absolute Gasteiger partial charge is 0.383 e. The normalized spacial score (nSPS) is 12.6. The number of nitrogens with one attached hydrogen (secondary N) is 2. The molecular formula is C8H18N2O2. The molecule has 0 aliphatic carbocycles. The van der Waals surface area contributed by atoms with Gasteiger partial charge >= 0.3 is 0 Å². The van der Waals surface area contributed by atoms with Crippen LogP contribution in [0.25, 0.3) is 0 Å². The van der Waals surface area contributed by atoms with Crippen LogP contribution in [-0.4, -0.2) is 38.8 Å². The summed E-state index contributed by atoms with van der Waals surface area (Å²) in [6.07, 6.45) is 0. The van der Waals surface area contributed by atoms with Gasteiger partial charge in [-0.2, -0.15) is 0 Å². The minimum Gasteiger partial charge on any atom is -0.383 e. The summed E-state index contributed by atoms with van der Waals surface area (Å²) in [6.45, 7) is 5.62. The molecule has 0 aromatic carbocycles. The van der Waals surface area contributed by atoms with Crippen molar-refractivity contribution in [3.8, 4) is 0 Å². The molecule has 12 heavy (non-hydrogen) atoms. The second-order valence-corrected chi connectivity index (χ2v) is 2.70. The first-order valence-corrected chi connectivity index (χ1v) is 4.19. The standard InChI is InChI=1S/C8H18N2O2/c1-4-9-5-8(11)10-7(2)6-12-3/h7,9H,4-6H2,1-3H3,(H,10,11)/t7-/m1/s1. The van der Waals surface area contributed by atoms with Crippen LogP contribution in [0.2, 0.25) is 0 Å². The zero-order valence-electron chi connectivity index (χ0n) is 8.02. The highest BCUT2D eigenvalue weighted by molar-refractivity contribution is 5.78. The molecule has 0 aliphatic rings. The lowest BCUT2D eigenvalue weighted by Crippen LogP contribution is -2.40. The molecule has 0 aromatic rings. The Bertz CT molecular complexity index is 128. The van der Waals surface area contributed by atoms with E-state index >= 15 is 0 Å². The molecule has 0 unspecified atom stereocenters. The molecule has 0 radical (unpaired) electrons. The molecule has 0 rings (SSSR count). The van der Waals surface area contributed by atoms with E-state index in [1.807, 2.05) is 13.8 Å². The van der Waals surface area contributed by atoms with Gasteiger partial charge in [0.2, 0.25) is 5.91 Å². The molecule has 1 atom stereocenters. The molecule has 0 heterocycles. The molecule has 0 fully saturated rings. The Morgan fingerprint density at radius 1 is 1.58 bits per heavy atom. The van der Waals surface area contributed by atoms with Crippen molar-refractivity contribution in [2.24, 2.45) is 0 Å². The van der Waals surface area contributed by atoms with Crippen LogP contribution < -0.4 is 10.6 Å². The van der Waals surface area contributed by atoms with Gasteiger partial charge in [-0.3, -0.25) is 4.79 Å². The van der Waals surface area contributed by atoms with Crippen LogP contribution in [0.4, 0.5) is 0 Å². The Morgan fingerprint density at radius 3 is 2.75 bits per heavy atom. The van der Waals surface area contributed by atoms with Crippen molar-refractivity contribution in [2.75, 3.05) is 26.8 Å². The summed E-state index contributed by atoms with van der Waals surface area (Å²) in [7, 11) is 1.62. The second-order valence-electron chi connectivity index (χ2n) is 2.70. The van der Waals surface area contributed by atoms with Gasteiger partial charge in [0.1, 0.15) is 0 Å². The minimum absolute atomic E-state index is 0.0152. The van der Waals surface area contributed by atoms with Gasteiger partial charge in [0.25, 0.3) is 0 Å². The van der Waals surface area contributed by atoms with Crippen LogP contribution in [0.1, 0.15) is 13.8 Å². The fourth-order valence-electron chi connectivity index (χ4n) is 0.856. The zero-order chi connectivity index (χ0) is 9.40. The summed E-state index contributed by atoms with van der Waals surface area (Å²) in [6, 6.07) is 0.0844. The predicted octanol–water partition coefficient (Wildman–Crippen LogP) is -0.253. The van der Waals surface area contributed by atoms with E-state index in [1.54, 1.807) is 7.11 Å². The molecule has 0 aliphatic heterocycles. The van der Waals surface area contributed by atoms with E-state index in [-0.39, 0.29) is 11.9 Å². The van der Waals surface area contributed by atoms with E-state index in [4.69, 9.17) is 4.74 Å². The van der Waals surface area contributed by atoms with Crippen molar-refractivity contribution >= 4 is 5.91 Å². The Morgan fingerprint density at radius 2 is 2.25 bits per heavy atom. The monoisotopic (exact) mass is 174 g/mol. The number of carbonyl (C=O) groups excluding carboxylic acids is 1. The highest BCUT2D eigenvalue weighted by Gasteiger charge is 2.04. The fraction of sp³-hybridized carbons (Fsp3) is 0.875. The van der Waals surface area contributed by atoms with Crippen molar-refractivity contribution in [3.05, 3.63) is 0 Å². The molecule has 2 N–H and O–H groups in total. The highest BCUT2D eigenvalue weighted by Crippen LogP contribution is 1.81. The fourth-order valence-corrected chi connectivity index (χ4v) is 0.856. The maximum absolute atomic E-state index is 11.1. The van der Waals surface area contributed by atoms with Crippen LogP contribution in [-0.2, 0) is 9.53 Å². The first-order valence-electron chi connectivity index (χ1n) is 4.19. The van der Waals surface area contributed by atoms with Crippen molar-refractivity contribution in [2.45, 2.75) is 19.9 Å². The lowest BCUT2D eigenvalue weighted by molar-refractivity contribution is -0.121. The van der Waals surface area contributed by atoms with Crippen molar-refractivity contribution in [3.63, 3.8) is 0 Å². The Hall–Kier alpha value is -0.610. The second kappa shape index (κ2) is 7.06. The van der Waals surface area contributed by atoms with Gasteiger partial charge in [-0.05, 0) is 13.5 Å². The van der Waals surface area contributed by atoms with E-state index in [2.05, 4.69) is 10.6 Å². The van der Waals surface area contributed by atoms with Crippen LogP contribution >= 0.6 is 0 Å². The third-order valence-electron chi connectivity index (χ3n) is 1.36. The lowest BCUT2D eigenvalue weighted by atomic mass is 10.3. The number of amides is 1. The van der Waals surface area contributed by atoms with Crippen molar-refractivity contribution in [1.82, 2.24) is 10.6 Å². The molecule has 0 saturated heterocycles. The zero-order valence-corrected chi connectivity index (χ0v) is 8.02. The van der Waals surface area contributed by atoms with E-state index in [0.29, 0.717) is 13.2 Å². The average Bonchev–Trinajstić information content (AvgIpc) is 2.01. The molecule has 72 valence electrons. The molecule has 4 nitrogen and oxygen atoms in total. The summed E-state index contributed by atoms with van der Waals surface area (Å²) in [5.74, 6) is 0.0152. The summed E-state index contributed by atoms with van der Waals surface area (Å²) >= 11 is 0. The van der Waals surface area contributed by atoms with Crippen LogP contribution in [0, 0.1) is 0 Å². The van der Waals surface area contributed by atoms with E-state index in [1.165, 1.54) is 0 Å². The molecule has 0 saturated carbocycles. The van der Waals surface area contributed by atoms with Crippen molar-refractivity contribution in [1.29, 1.82) is 0 Å².